The SMILES string of the molecule is Cl.O=C(O)c1cccc2c1OCCO2. The largest absolute Gasteiger partial charge is 0.486 e. The standard InChI is InChI=1S/C9H8O4.ClH/c10-9(11)6-2-1-3-7-8(6)13-5-4-12-7;/h1-3H,4-5H2,(H,10,11);1H. The van der Waals surface area contributed by atoms with Gasteiger partial charge in [-0.2, -0.15) is 0 Å². The number of carboxylic acids is 1. The fourth-order valence-electron chi connectivity index (χ4n) is 1.24. The maximum Gasteiger partial charge on any atom is 0.339 e. The molecule has 0 aliphatic carbocycles. The van der Waals surface area contributed by atoms with Gasteiger partial charge in [-0.15, -0.1) is 12.4 Å². The zero-order valence-electron chi connectivity index (χ0n) is 7.23. The van der Waals surface area contributed by atoms with Gasteiger partial charge in [0.1, 0.15) is 18.8 Å². The van der Waals surface area contributed by atoms with Gasteiger partial charge in [-0.25, -0.2) is 4.79 Å². The molecule has 5 heteroatoms. The molecular weight excluding hydrogens is 208 g/mol. The van der Waals surface area contributed by atoms with Crippen LogP contribution in [0.3, 0.4) is 0 Å². The van der Waals surface area contributed by atoms with Crippen LogP contribution >= 0.6 is 12.4 Å². The monoisotopic (exact) mass is 216 g/mol. The van der Waals surface area contributed by atoms with Gasteiger partial charge in [0.15, 0.2) is 11.5 Å². The number of fused-ring (bicyclic) bond motifs is 1. The number of benzene rings is 1. The highest BCUT2D eigenvalue weighted by molar-refractivity contribution is 5.92. The lowest BCUT2D eigenvalue weighted by Crippen LogP contribution is -2.17. The van der Waals surface area contributed by atoms with Gasteiger partial charge in [-0.05, 0) is 12.1 Å². The van der Waals surface area contributed by atoms with Gasteiger partial charge in [0, 0.05) is 0 Å². The van der Waals surface area contributed by atoms with Crippen molar-refractivity contribution < 1.29 is 19.4 Å². The molecular formula is C9H9ClO4. The summed E-state index contributed by atoms with van der Waals surface area (Å²) in [6, 6.07) is 4.83. The van der Waals surface area contributed by atoms with E-state index >= 15 is 0 Å². The highest BCUT2D eigenvalue weighted by atomic mass is 35.5. The molecule has 0 amide bonds. The van der Waals surface area contributed by atoms with Crippen molar-refractivity contribution in [1.82, 2.24) is 0 Å². The van der Waals surface area contributed by atoms with Gasteiger partial charge < -0.3 is 14.6 Å². The summed E-state index contributed by atoms with van der Waals surface area (Å²) in [7, 11) is 0. The number of rotatable bonds is 1. The maximum absolute atomic E-state index is 10.7. The molecule has 1 heterocycles. The topological polar surface area (TPSA) is 55.8 Å². The van der Waals surface area contributed by atoms with E-state index in [0.717, 1.165) is 0 Å². The molecule has 0 saturated carbocycles. The van der Waals surface area contributed by atoms with E-state index in [1.165, 1.54) is 6.07 Å². The summed E-state index contributed by atoms with van der Waals surface area (Å²) in [4.78, 5) is 10.7. The Labute approximate surface area is 86.9 Å². The smallest absolute Gasteiger partial charge is 0.339 e. The summed E-state index contributed by atoms with van der Waals surface area (Å²) in [5.74, 6) is -0.158. The lowest BCUT2D eigenvalue weighted by molar-refractivity contribution is 0.0686. The minimum atomic E-state index is -0.998. The maximum atomic E-state index is 10.7. The molecule has 0 bridgehead atoms. The molecule has 0 atom stereocenters. The zero-order valence-corrected chi connectivity index (χ0v) is 8.04. The Morgan fingerprint density at radius 1 is 1.29 bits per heavy atom. The molecule has 4 nitrogen and oxygen atoms in total. The van der Waals surface area contributed by atoms with Crippen molar-refractivity contribution in [3.63, 3.8) is 0 Å². The van der Waals surface area contributed by atoms with Gasteiger partial charge in [-0.1, -0.05) is 6.07 Å². The van der Waals surface area contributed by atoms with Crippen LogP contribution in [-0.2, 0) is 0 Å². The summed E-state index contributed by atoms with van der Waals surface area (Å²) in [6.07, 6.45) is 0. The van der Waals surface area contributed by atoms with Crippen molar-refractivity contribution in [2.45, 2.75) is 0 Å². The van der Waals surface area contributed by atoms with E-state index in [0.29, 0.717) is 24.7 Å². The molecule has 0 spiro atoms. The van der Waals surface area contributed by atoms with Crippen LogP contribution in [-0.4, -0.2) is 24.3 Å². The molecule has 1 aliphatic rings. The van der Waals surface area contributed by atoms with Gasteiger partial charge in [-0.3, -0.25) is 0 Å². The number of para-hydroxylation sites is 1. The van der Waals surface area contributed by atoms with Gasteiger partial charge in [0.2, 0.25) is 0 Å². The van der Waals surface area contributed by atoms with Crippen LogP contribution in [0, 0.1) is 0 Å². The molecule has 0 radical (unpaired) electrons. The molecule has 0 fully saturated rings. The first kappa shape index (κ1) is 10.7. The quantitative estimate of drug-likeness (QED) is 0.775. The minimum Gasteiger partial charge on any atom is -0.486 e. The van der Waals surface area contributed by atoms with E-state index < -0.39 is 5.97 Å². The van der Waals surface area contributed by atoms with Crippen LogP contribution in [0.5, 0.6) is 11.5 Å². The summed E-state index contributed by atoms with van der Waals surface area (Å²) in [5.41, 5.74) is 0.150. The summed E-state index contributed by atoms with van der Waals surface area (Å²) in [5, 5.41) is 8.81. The Hall–Kier alpha value is -1.42. The third-order valence-electron chi connectivity index (χ3n) is 1.80. The first-order chi connectivity index (χ1) is 6.29. The van der Waals surface area contributed by atoms with Crippen LogP contribution in [0.1, 0.15) is 10.4 Å². The van der Waals surface area contributed by atoms with E-state index in [1.54, 1.807) is 12.1 Å². The minimum absolute atomic E-state index is 0. The predicted molar refractivity (Wildman–Crippen MR) is 51.6 cm³/mol. The molecule has 1 aliphatic heterocycles. The van der Waals surface area contributed by atoms with E-state index in [-0.39, 0.29) is 18.0 Å². The molecule has 0 aromatic heterocycles. The van der Waals surface area contributed by atoms with Gasteiger partial charge in [0.05, 0.1) is 0 Å². The average Bonchev–Trinajstić information content (AvgIpc) is 2.17. The van der Waals surface area contributed by atoms with E-state index in [4.69, 9.17) is 14.6 Å². The van der Waals surface area contributed by atoms with Crippen LogP contribution in [0.4, 0.5) is 0 Å². The lowest BCUT2D eigenvalue weighted by atomic mass is 10.2. The van der Waals surface area contributed by atoms with E-state index in [9.17, 15) is 4.79 Å². The highest BCUT2D eigenvalue weighted by Crippen LogP contribution is 2.33. The van der Waals surface area contributed by atoms with Crippen molar-refractivity contribution >= 4 is 18.4 Å². The fraction of sp³-hybridized carbons (Fsp3) is 0.222. The van der Waals surface area contributed by atoms with Crippen LogP contribution in [0.2, 0.25) is 0 Å². The number of ether oxygens (including phenoxy) is 2. The van der Waals surface area contributed by atoms with Gasteiger partial charge in [0.25, 0.3) is 0 Å². The third-order valence-corrected chi connectivity index (χ3v) is 1.80. The number of carbonyl (C=O) groups is 1. The molecule has 1 aromatic carbocycles. The zero-order chi connectivity index (χ0) is 9.26. The average molecular weight is 217 g/mol. The van der Waals surface area contributed by atoms with Crippen molar-refractivity contribution in [2.24, 2.45) is 0 Å². The molecule has 0 saturated heterocycles. The molecule has 2 rings (SSSR count). The Morgan fingerprint density at radius 3 is 2.71 bits per heavy atom. The molecule has 1 N–H and O–H groups in total. The Balaban J connectivity index is 0.000000980. The predicted octanol–water partition coefficient (Wildman–Crippen LogP) is 1.58. The van der Waals surface area contributed by atoms with Gasteiger partial charge >= 0.3 is 5.97 Å². The fourth-order valence-corrected chi connectivity index (χ4v) is 1.24. The number of hydrogen-bond acceptors (Lipinski definition) is 3. The lowest BCUT2D eigenvalue weighted by Gasteiger charge is -2.19. The van der Waals surface area contributed by atoms with Crippen molar-refractivity contribution in [3.8, 4) is 11.5 Å². The van der Waals surface area contributed by atoms with E-state index in [1.807, 2.05) is 0 Å². The van der Waals surface area contributed by atoms with Crippen molar-refractivity contribution in [3.05, 3.63) is 23.8 Å². The number of carboxylic acid groups (broad SMARTS) is 1. The summed E-state index contributed by atoms with van der Waals surface area (Å²) < 4.78 is 10.4. The normalized spacial score (nSPS) is 12.9. The first-order valence-electron chi connectivity index (χ1n) is 3.91. The highest BCUT2D eigenvalue weighted by Gasteiger charge is 2.19. The Kier molecular flexibility index (Phi) is 3.19. The molecule has 0 unspecified atom stereocenters. The molecule has 76 valence electrons. The number of hydrogen-bond donors (Lipinski definition) is 1. The first-order valence-corrected chi connectivity index (χ1v) is 3.91. The van der Waals surface area contributed by atoms with Crippen LogP contribution in [0.15, 0.2) is 18.2 Å². The number of halogens is 1. The Bertz CT molecular complexity index is 351. The van der Waals surface area contributed by atoms with Crippen molar-refractivity contribution in [2.75, 3.05) is 13.2 Å². The second kappa shape index (κ2) is 4.19. The van der Waals surface area contributed by atoms with E-state index in [2.05, 4.69) is 0 Å². The van der Waals surface area contributed by atoms with Crippen molar-refractivity contribution in [1.29, 1.82) is 0 Å². The Morgan fingerprint density at radius 2 is 2.00 bits per heavy atom. The van der Waals surface area contributed by atoms with Crippen LogP contribution < -0.4 is 9.47 Å². The second-order valence-corrected chi connectivity index (χ2v) is 2.63. The summed E-state index contributed by atoms with van der Waals surface area (Å²) in [6.45, 7) is 0.868. The van der Waals surface area contributed by atoms with Crippen LogP contribution in [0.25, 0.3) is 0 Å². The summed E-state index contributed by atoms with van der Waals surface area (Å²) >= 11 is 0. The molecule has 14 heavy (non-hydrogen) atoms. The third kappa shape index (κ3) is 1.75. The second-order valence-electron chi connectivity index (χ2n) is 2.63. The molecule has 1 aromatic rings. The number of aromatic carboxylic acids is 1.